The molecule has 0 atom stereocenters. The first-order valence-electron chi connectivity index (χ1n) is 9.09. The third-order valence-corrected chi connectivity index (χ3v) is 5.22. The van der Waals surface area contributed by atoms with Gasteiger partial charge in [-0.05, 0) is 54.1 Å². The largest absolute Gasteiger partial charge is 0.452 e. The van der Waals surface area contributed by atoms with Crippen LogP contribution in [0.4, 0.5) is 0 Å². The highest BCUT2D eigenvalue weighted by atomic mass is 35.5. The van der Waals surface area contributed by atoms with Gasteiger partial charge in [0.1, 0.15) is 5.58 Å². The smallest absolute Gasteiger partial charge is 0.336 e. The van der Waals surface area contributed by atoms with E-state index in [1.165, 1.54) is 12.1 Å². The molecule has 31 heavy (non-hydrogen) atoms. The molecule has 0 aliphatic carbocycles. The van der Waals surface area contributed by atoms with Crippen LogP contribution < -0.4 is 10.2 Å². The molecule has 0 N–H and O–H groups in total. The Morgan fingerprint density at radius 1 is 0.903 bits per heavy atom. The average Bonchev–Trinajstić information content (AvgIpc) is 2.75. The maximum atomic E-state index is 13.1. The van der Waals surface area contributed by atoms with Gasteiger partial charge in [0.2, 0.25) is 11.2 Å². The van der Waals surface area contributed by atoms with Crippen LogP contribution in [0.3, 0.4) is 0 Å². The van der Waals surface area contributed by atoms with Crippen molar-refractivity contribution in [2.24, 2.45) is 0 Å². The molecule has 0 radical (unpaired) electrons. The Hall–Kier alpha value is -3.05. The molecule has 0 aliphatic heterocycles. The Labute approximate surface area is 192 Å². The SMILES string of the molecule is O=C(C=Cc1ccc(Cl)cc1)Oc1c(-c2ccc(Cl)cc2Cl)oc2ccccc2c1=O. The minimum Gasteiger partial charge on any atom is -0.452 e. The lowest BCUT2D eigenvalue weighted by Crippen LogP contribution is -2.14. The maximum Gasteiger partial charge on any atom is 0.336 e. The van der Waals surface area contributed by atoms with Gasteiger partial charge in [0, 0.05) is 21.7 Å². The second kappa shape index (κ2) is 8.98. The van der Waals surface area contributed by atoms with Crippen molar-refractivity contribution < 1.29 is 13.9 Å². The molecule has 0 unspecified atom stereocenters. The fraction of sp³-hybridized carbons (Fsp3) is 0. The summed E-state index contributed by atoms with van der Waals surface area (Å²) in [4.78, 5) is 25.6. The fourth-order valence-corrected chi connectivity index (χ4v) is 3.56. The van der Waals surface area contributed by atoms with Crippen LogP contribution >= 0.6 is 34.8 Å². The van der Waals surface area contributed by atoms with Crippen LogP contribution in [-0.4, -0.2) is 5.97 Å². The van der Waals surface area contributed by atoms with Gasteiger partial charge in [0.25, 0.3) is 0 Å². The third kappa shape index (κ3) is 4.67. The van der Waals surface area contributed by atoms with Gasteiger partial charge in [0.15, 0.2) is 5.76 Å². The van der Waals surface area contributed by atoms with Crippen LogP contribution in [0.2, 0.25) is 15.1 Å². The van der Waals surface area contributed by atoms with Gasteiger partial charge >= 0.3 is 5.97 Å². The maximum absolute atomic E-state index is 13.1. The highest BCUT2D eigenvalue weighted by Gasteiger charge is 2.21. The van der Waals surface area contributed by atoms with Crippen molar-refractivity contribution in [1.82, 2.24) is 0 Å². The molecule has 0 amide bonds. The first kappa shape index (κ1) is 21.2. The van der Waals surface area contributed by atoms with E-state index in [-0.39, 0.29) is 21.9 Å². The third-order valence-electron chi connectivity index (χ3n) is 4.42. The quantitative estimate of drug-likeness (QED) is 0.237. The van der Waals surface area contributed by atoms with Gasteiger partial charge in [-0.15, -0.1) is 0 Å². The van der Waals surface area contributed by atoms with Gasteiger partial charge in [-0.3, -0.25) is 4.79 Å². The van der Waals surface area contributed by atoms with Crippen LogP contribution in [0, 0.1) is 0 Å². The molecule has 4 aromatic rings. The standard InChI is InChI=1S/C24H13Cl3O4/c25-15-8-5-14(6-9-15)7-12-21(28)31-24-22(29)18-3-1-2-4-20(18)30-23(24)17-11-10-16(26)13-19(17)27/h1-13H. The molecule has 154 valence electrons. The van der Waals surface area contributed by atoms with Gasteiger partial charge in [-0.2, -0.15) is 0 Å². The molecule has 0 spiro atoms. The number of rotatable bonds is 4. The molecule has 3 aromatic carbocycles. The molecule has 0 bridgehead atoms. The van der Waals surface area contributed by atoms with Crippen molar-refractivity contribution >= 4 is 57.8 Å². The number of esters is 1. The minimum atomic E-state index is -0.746. The van der Waals surface area contributed by atoms with Crippen LogP contribution in [-0.2, 0) is 4.79 Å². The van der Waals surface area contributed by atoms with Gasteiger partial charge in [-0.1, -0.05) is 59.1 Å². The zero-order valence-corrected chi connectivity index (χ0v) is 18.0. The van der Waals surface area contributed by atoms with E-state index in [4.69, 9.17) is 44.0 Å². The molecule has 1 heterocycles. The van der Waals surface area contributed by atoms with E-state index in [9.17, 15) is 9.59 Å². The molecule has 0 aliphatic rings. The number of para-hydroxylation sites is 1. The average molecular weight is 472 g/mol. The van der Waals surface area contributed by atoms with Gasteiger partial charge < -0.3 is 9.15 Å². The van der Waals surface area contributed by atoms with Crippen molar-refractivity contribution in [3.63, 3.8) is 0 Å². The molecule has 4 nitrogen and oxygen atoms in total. The normalized spacial score (nSPS) is 11.2. The van der Waals surface area contributed by atoms with E-state index in [0.29, 0.717) is 21.2 Å². The Bertz CT molecular complexity index is 1370. The first-order valence-corrected chi connectivity index (χ1v) is 10.2. The highest BCUT2D eigenvalue weighted by Crippen LogP contribution is 2.36. The zero-order chi connectivity index (χ0) is 22.0. The number of carbonyl (C=O) groups is 1. The Morgan fingerprint density at radius 2 is 1.61 bits per heavy atom. The molecule has 0 saturated carbocycles. The van der Waals surface area contributed by atoms with Crippen molar-refractivity contribution in [1.29, 1.82) is 0 Å². The summed E-state index contributed by atoms with van der Waals surface area (Å²) in [7, 11) is 0. The van der Waals surface area contributed by atoms with E-state index in [2.05, 4.69) is 0 Å². The lowest BCUT2D eigenvalue weighted by atomic mass is 10.1. The number of benzene rings is 3. The lowest BCUT2D eigenvalue weighted by Gasteiger charge is -2.11. The van der Waals surface area contributed by atoms with E-state index in [0.717, 1.165) is 5.56 Å². The molecular formula is C24H13Cl3O4. The zero-order valence-electron chi connectivity index (χ0n) is 15.8. The molecule has 4 rings (SSSR count). The van der Waals surface area contributed by atoms with E-state index in [1.807, 2.05) is 0 Å². The van der Waals surface area contributed by atoms with E-state index < -0.39 is 11.4 Å². The lowest BCUT2D eigenvalue weighted by molar-refractivity contribution is -0.129. The fourth-order valence-electron chi connectivity index (χ4n) is 2.94. The molecule has 0 fully saturated rings. The summed E-state index contributed by atoms with van der Waals surface area (Å²) in [6.07, 6.45) is 2.77. The summed E-state index contributed by atoms with van der Waals surface area (Å²) >= 11 is 18.2. The topological polar surface area (TPSA) is 56.5 Å². The molecule has 7 heteroatoms. The van der Waals surface area contributed by atoms with Crippen LogP contribution in [0.5, 0.6) is 5.75 Å². The van der Waals surface area contributed by atoms with E-state index >= 15 is 0 Å². The summed E-state index contributed by atoms with van der Waals surface area (Å²) in [5, 5.41) is 1.53. The Balaban J connectivity index is 1.78. The number of halogens is 3. The summed E-state index contributed by atoms with van der Waals surface area (Å²) in [5.41, 5.74) is 0.965. The minimum absolute atomic E-state index is 0.0404. The van der Waals surface area contributed by atoms with E-state index in [1.54, 1.807) is 66.7 Å². The predicted molar refractivity (Wildman–Crippen MR) is 124 cm³/mol. The summed E-state index contributed by atoms with van der Waals surface area (Å²) in [6.45, 7) is 0. The second-order valence-electron chi connectivity index (χ2n) is 6.52. The van der Waals surface area contributed by atoms with Crippen LogP contribution in [0.15, 0.2) is 82.0 Å². The number of ether oxygens (including phenoxy) is 1. The summed E-state index contributed by atoms with van der Waals surface area (Å²) in [6, 6.07) is 18.3. The number of carbonyl (C=O) groups excluding carboxylic acids is 1. The second-order valence-corrected chi connectivity index (χ2v) is 7.80. The van der Waals surface area contributed by atoms with Crippen molar-refractivity contribution in [3.8, 4) is 17.1 Å². The summed E-state index contributed by atoms with van der Waals surface area (Å²) < 4.78 is 11.3. The first-order chi connectivity index (χ1) is 14.9. The Morgan fingerprint density at radius 3 is 2.35 bits per heavy atom. The van der Waals surface area contributed by atoms with Crippen LogP contribution in [0.1, 0.15) is 5.56 Å². The van der Waals surface area contributed by atoms with Gasteiger partial charge in [0.05, 0.1) is 10.4 Å². The number of fused-ring (bicyclic) bond motifs is 1. The molecule has 1 aromatic heterocycles. The number of hydrogen-bond donors (Lipinski definition) is 0. The van der Waals surface area contributed by atoms with Crippen LogP contribution in [0.25, 0.3) is 28.4 Å². The summed E-state index contributed by atoms with van der Waals surface area (Å²) in [5.74, 6) is -0.962. The monoisotopic (exact) mass is 470 g/mol. The van der Waals surface area contributed by atoms with Crippen molar-refractivity contribution in [3.05, 3.63) is 104 Å². The predicted octanol–water partition coefficient (Wildman–Crippen LogP) is 7.04. The molecular weight excluding hydrogens is 459 g/mol. The van der Waals surface area contributed by atoms with Crippen molar-refractivity contribution in [2.45, 2.75) is 0 Å². The molecule has 0 saturated heterocycles. The van der Waals surface area contributed by atoms with Crippen molar-refractivity contribution in [2.75, 3.05) is 0 Å². The Kier molecular flexibility index (Phi) is 6.14. The van der Waals surface area contributed by atoms with Gasteiger partial charge in [-0.25, -0.2) is 4.79 Å². The number of hydrogen-bond acceptors (Lipinski definition) is 4. The highest BCUT2D eigenvalue weighted by molar-refractivity contribution is 6.36.